The van der Waals surface area contributed by atoms with Gasteiger partial charge in [-0.1, -0.05) is 6.08 Å². The fourth-order valence-electron chi connectivity index (χ4n) is 2.72. The molecule has 0 bridgehead atoms. The summed E-state index contributed by atoms with van der Waals surface area (Å²) in [5.41, 5.74) is -1.06. The van der Waals surface area contributed by atoms with E-state index in [0.717, 1.165) is 29.2 Å². The molecule has 2 heterocycles. The highest BCUT2D eigenvalue weighted by atomic mass is 16.4. The van der Waals surface area contributed by atoms with Gasteiger partial charge in [-0.25, -0.2) is 4.79 Å². The maximum absolute atomic E-state index is 12.4. The number of aromatic carboxylic acids is 2. The van der Waals surface area contributed by atoms with Crippen LogP contribution in [0, 0.1) is 0 Å². The van der Waals surface area contributed by atoms with Crippen molar-refractivity contribution >= 4 is 35.9 Å². The molecule has 0 saturated carbocycles. The number of amides is 4. The molecule has 10 nitrogen and oxygen atoms in total. The summed E-state index contributed by atoms with van der Waals surface area (Å²) in [5, 5.41) is 24.3. The van der Waals surface area contributed by atoms with E-state index in [4.69, 9.17) is 4.42 Å². The standard InChI is InChI=1S/C20H14N2O8/c1-2-5-22-17(24)14(16(23)21-20(22)29)9-13-3-4-15(30-13)10-6-11(18(25)26)8-12(7-10)19(27)28/h2-4,6-9H,1,5H2,(H,25,26)(H,27,28)(H,21,23,29)/p-2/b14-9-. The number of imide groups is 2. The van der Waals surface area contributed by atoms with Crippen LogP contribution in [0.25, 0.3) is 17.4 Å². The molecule has 0 atom stereocenters. The van der Waals surface area contributed by atoms with Crippen molar-refractivity contribution in [2.75, 3.05) is 6.54 Å². The number of carbonyl (C=O) groups is 5. The zero-order valence-corrected chi connectivity index (χ0v) is 15.2. The third-order valence-corrected chi connectivity index (χ3v) is 4.10. The second kappa shape index (κ2) is 7.87. The maximum Gasteiger partial charge on any atom is 0.331 e. The van der Waals surface area contributed by atoms with Gasteiger partial charge < -0.3 is 24.2 Å². The number of urea groups is 1. The minimum Gasteiger partial charge on any atom is -0.545 e. The number of nitrogens with one attached hydrogen (secondary N) is 1. The largest absolute Gasteiger partial charge is 0.545 e. The number of carboxylic acids is 2. The van der Waals surface area contributed by atoms with Crippen LogP contribution in [-0.2, 0) is 9.59 Å². The topological polar surface area (TPSA) is 160 Å². The van der Waals surface area contributed by atoms with Gasteiger partial charge in [-0.15, -0.1) is 6.58 Å². The fraction of sp³-hybridized carbons (Fsp3) is 0.0500. The monoisotopic (exact) mass is 408 g/mol. The normalized spacial score (nSPS) is 15.3. The van der Waals surface area contributed by atoms with E-state index in [1.165, 1.54) is 18.2 Å². The third-order valence-electron chi connectivity index (χ3n) is 4.10. The van der Waals surface area contributed by atoms with Crippen molar-refractivity contribution in [1.82, 2.24) is 10.2 Å². The van der Waals surface area contributed by atoms with Crippen LogP contribution in [0.15, 0.2) is 53.0 Å². The fourth-order valence-corrected chi connectivity index (χ4v) is 2.72. The molecule has 0 aliphatic carbocycles. The summed E-state index contributed by atoms with van der Waals surface area (Å²) in [6.07, 6.45) is 2.42. The van der Waals surface area contributed by atoms with Crippen molar-refractivity contribution in [3.63, 3.8) is 0 Å². The lowest BCUT2D eigenvalue weighted by Crippen LogP contribution is -2.54. The molecular weight excluding hydrogens is 396 g/mol. The quantitative estimate of drug-likeness (QED) is 0.374. The van der Waals surface area contributed by atoms with Gasteiger partial charge in [0.15, 0.2) is 0 Å². The maximum atomic E-state index is 12.4. The molecule has 0 spiro atoms. The molecule has 4 amide bonds. The van der Waals surface area contributed by atoms with E-state index < -0.39 is 40.9 Å². The van der Waals surface area contributed by atoms with Gasteiger partial charge >= 0.3 is 6.03 Å². The molecule has 0 unspecified atom stereocenters. The van der Waals surface area contributed by atoms with Crippen molar-refractivity contribution in [3.8, 4) is 11.3 Å². The van der Waals surface area contributed by atoms with Crippen LogP contribution in [0.4, 0.5) is 4.79 Å². The van der Waals surface area contributed by atoms with E-state index in [1.807, 2.05) is 5.32 Å². The molecule has 3 rings (SSSR count). The molecule has 1 saturated heterocycles. The molecule has 1 aromatic heterocycles. The molecule has 152 valence electrons. The summed E-state index contributed by atoms with van der Waals surface area (Å²) >= 11 is 0. The van der Waals surface area contributed by atoms with E-state index in [-0.39, 0.29) is 29.2 Å². The zero-order chi connectivity index (χ0) is 22.0. The number of barbiturate groups is 1. The Morgan fingerprint density at radius 3 is 2.27 bits per heavy atom. The van der Waals surface area contributed by atoms with Crippen LogP contribution in [-0.4, -0.2) is 41.2 Å². The van der Waals surface area contributed by atoms with Crippen molar-refractivity contribution in [2.24, 2.45) is 0 Å². The van der Waals surface area contributed by atoms with Gasteiger partial charge in [0, 0.05) is 12.1 Å². The SMILES string of the molecule is C=CCN1C(=O)NC(=O)/C(=C/c2ccc(-c3cc(C(=O)[O-])cc(C(=O)[O-])c3)o2)C1=O. The number of benzene rings is 1. The van der Waals surface area contributed by atoms with Crippen molar-refractivity contribution < 1.29 is 38.6 Å². The Balaban J connectivity index is 1.99. The molecule has 1 aliphatic rings. The number of furan rings is 1. The highest BCUT2D eigenvalue weighted by Crippen LogP contribution is 2.26. The highest BCUT2D eigenvalue weighted by Gasteiger charge is 2.35. The zero-order valence-electron chi connectivity index (χ0n) is 15.2. The van der Waals surface area contributed by atoms with Gasteiger partial charge in [0.05, 0.1) is 11.9 Å². The van der Waals surface area contributed by atoms with Gasteiger partial charge in [0.2, 0.25) is 0 Å². The van der Waals surface area contributed by atoms with Gasteiger partial charge in [-0.2, -0.15) is 0 Å². The van der Waals surface area contributed by atoms with Gasteiger partial charge in [-0.05, 0) is 47.5 Å². The highest BCUT2D eigenvalue weighted by molar-refractivity contribution is 6.30. The van der Waals surface area contributed by atoms with E-state index >= 15 is 0 Å². The van der Waals surface area contributed by atoms with Gasteiger partial charge in [0.25, 0.3) is 11.8 Å². The average molecular weight is 408 g/mol. The summed E-state index contributed by atoms with van der Waals surface area (Å²) < 4.78 is 5.50. The smallest absolute Gasteiger partial charge is 0.331 e. The summed E-state index contributed by atoms with van der Waals surface area (Å²) in [4.78, 5) is 59.2. The Morgan fingerprint density at radius 1 is 1.07 bits per heavy atom. The molecule has 10 heteroatoms. The van der Waals surface area contributed by atoms with Crippen molar-refractivity contribution in [1.29, 1.82) is 0 Å². The number of hydrogen-bond acceptors (Lipinski definition) is 8. The lowest BCUT2D eigenvalue weighted by Gasteiger charge is -2.24. The summed E-state index contributed by atoms with van der Waals surface area (Å²) in [6, 6.07) is 5.05. The van der Waals surface area contributed by atoms with E-state index in [2.05, 4.69) is 6.58 Å². The van der Waals surface area contributed by atoms with Crippen LogP contribution in [0.1, 0.15) is 26.5 Å². The second-order valence-electron chi connectivity index (χ2n) is 6.10. The minimum atomic E-state index is -1.59. The number of nitrogens with zero attached hydrogens (tertiary/aromatic N) is 1. The summed E-state index contributed by atoms with van der Waals surface area (Å²) in [6.45, 7) is 3.33. The average Bonchev–Trinajstić information content (AvgIpc) is 3.16. The Kier molecular flexibility index (Phi) is 5.32. The van der Waals surface area contributed by atoms with Crippen LogP contribution < -0.4 is 15.5 Å². The molecule has 30 heavy (non-hydrogen) atoms. The number of hydrogen-bond donors (Lipinski definition) is 1. The van der Waals surface area contributed by atoms with Crippen LogP contribution in [0.5, 0.6) is 0 Å². The Morgan fingerprint density at radius 2 is 1.70 bits per heavy atom. The first-order valence-electron chi connectivity index (χ1n) is 8.39. The molecule has 1 aliphatic heterocycles. The van der Waals surface area contributed by atoms with Gasteiger partial charge in [-0.3, -0.25) is 19.8 Å². The number of carbonyl (C=O) groups excluding carboxylic acids is 5. The van der Waals surface area contributed by atoms with Crippen LogP contribution in [0.2, 0.25) is 0 Å². The van der Waals surface area contributed by atoms with E-state index in [0.29, 0.717) is 0 Å². The van der Waals surface area contributed by atoms with E-state index in [1.54, 1.807) is 0 Å². The van der Waals surface area contributed by atoms with Gasteiger partial charge in [0.1, 0.15) is 17.1 Å². The lowest BCUT2D eigenvalue weighted by molar-refractivity contribution is -0.255. The van der Waals surface area contributed by atoms with Crippen molar-refractivity contribution in [2.45, 2.75) is 0 Å². The Hall–Kier alpha value is -4.47. The Labute approximate surface area is 168 Å². The first kappa shape index (κ1) is 20.3. The summed E-state index contributed by atoms with van der Waals surface area (Å²) in [7, 11) is 0. The first-order valence-corrected chi connectivity index (χ1v) is 8.39. The molecular formula is C20H12N2O8-2. The van der Waals surface area contributed by atoms with E-state index in [9.17, 15) is 34.2 Å². The summed E-state index contributed by atoms with van der Waals surface area (Å²) in [5.74, 6) is -4.85. The van der Waals surface area contributed by atoms with Crippen LogP contribution in [0.3, 0.4) is 0 Å². The second-order valence-corrected chi connectivity index (χ2v) is 6.10. The molecule has 1 fully saturated rings. The third kappa shape index (κ3) is 3.87. The Bertz CT molecular complexity index is 1110. The molecule has 0 radical (unpaired) electrons. The molecule has 1 aromatic carbocycles. The van der Waals surface area contributed by atoms with Crippen LogP contribution >= 0.6 is 0 Å². The number of rotatable bonds is 6. The predicted molar refractivity (Wildman–Crippen MR) is 96.2 cm³/mol. The molecule has 2 aromatic rings. The van der Waals surface area contributed by atoms with Crippen molar-refractivity contribution in [3.05, 3.63) is 65.4 Å². The minimum absolute atomic E-state index is 0.0326. The first-order chi connectivity index (χ1) is 14.2. The predicted octanol–water partition coefficient (Wildman–Crippen LogP) is -0.679. The number of carboxylic acid groups (broad SMARTS) is 2. The molecule has 1 N–H and O–H groups in total. The lowest BCUT2D eigenvalue weighted by atomic mass is 10.0.